The molecular formula is C9H14O2. The van der Waals surface area contributed by atoms with Gasteiger partial charge in [-0.15, -0.1) is 6.58 Å². The molecule has 1 fully saturated rings. The average Bonchev–Trinajstić information content (AvgIpc) is 2.80. The highest BCUT2D eigenvalue weighted by molar-refractivity contribution is 4.87. The minimum Gasteiger partial charge on any atom is -0.373 e. The van der Waals surface area contributed by atoms with Crippen molar-refractivity contribution in [2.75, 3.05) is 19.8 Å². The van der Waals surface area contributed by atoms with E-state index in [9.17, 15) is 0 Å². The molecule has 1 saturated heterocycles. The highest BCUT2D eigenvalue weighted by atomic mass is 16.6. The Hall–Kier alpha value is -0.600. The summed E-state index contributed by atoms with van der Waals surface area (Å²) in [4.78, 5) is 0. The summed E-state index contributed by atoms with van der Waals surface area (Å²) in [6.07, 6.45) is 7.38. The molecule has 1 aliphatic heterocycles. The van der Waals surface area contributed by atoms with Gasteiger partial charge < -0.3 is 9.47 Å². The van der Waals surface area contributed by atoms with Crippen LogP contribution in [0.1, 0.15) is 6.42 Å². The summed E-state index contributed by atoms with van der Waals surface area (Å²) in [5.41, 5.74) is 0. The number of epoxide rings is 1. The largest absolute Gasteiger partial charge is 0.373 e. The Morgan fingerprint density at radius 1 is 1.45 bits per heavy atom. The van der Waals surface area contributed by atoms with Crippen molar-refractivity contribution in [3.05, 3.63) is 24.8 Å². The van der Waals surface area contributed by atoms with Gasteiger partial charge in [0.05, 0.1) is 25.9 Å². The number of hydrogen-bond donors (Lipinski definition) is 0. The molecule has 0 aliphatic carbocycles. The molecule has 1 aliphatic rings. The Kier molecular flexibility index (Phi) is 3.94. The first kappa shape index (κ1) is 8.50. The smallest absolute Gasteiger partial charge is 0.0844 e. The van der Waals surface area contributed by atoms with Crippen LogP contribution in [0.3, 0.4) is 0 Å². The highest BCUT2D eigenvalue weighted by Crippen LogP contribution is 2.13. The number of ether oxygens (including phenoxy) is 2. The minimum absolute atomic E-state index is 0.491. The normalized spacial score (nSPS) is 22.4. The molecule has 2 heteroatoms. The van der Waals surface area contributed by atoms with Gasteiger partial charge in [0, 0.05) is 0 Å². The van der Waals surface area contributed by atoms with Crippen LogP contribution < -0.4 is 0 Å². The summed E-state index contributed by atoms with van der Waals surface area (Å²) < 4.78 is 10.2. The maximum absolute atomic E-state index is 5.14. The fourth-order valence-electron chi connectivity index (χ4n) is 0.740. The predicted octanol–water partition coefficient (Wildman–Crippen LogP) is 1.53. The van der Waals surface area contributed by atoms with E-state index in [2.05, 4.69) is 12.7 Å². The molecule has 11 heavy (non-hydrogen) atoms. The van der Waals surface area contributed by atoms with Crippen LogP contribution in [0.2, 0.25) is 0 Å². The van der Waals surface area contributed by atoms with Crippen LogP contribution in [0.4, 0.5) is 0 Å². The van der Waals surface area contributed by atoms with E-state index in [-0.39, 0.29) is 0 Å². The summed E-state index contributed by atoms with van der Waals surface area (Å²) in [5.74, 6) is 0. The van der Waals surface area contributed by atoms with Crippen molar-refractivity contribution in [2.45, 2.75) is 12.5 Å². The summed E-state index contributed by atoms with van der Waals surface area (Å²) >= 11 is 0. The maximum Gasteiger partial charge on any atom is 0.0844 e. The fraction of sp³-hybridized carbons (Fsp3) is 0.556. The van der Waals surface area contributed by atoms with Crippen molar-refractivity contribution in [2.24, 2.45) is 0 Å². The van der Waals surface area contributed by atoms with E-state index in [1.807, 2.05) is 6.08 Å². The highest BCUT2D eigenvalue weighted by Gasteiger charge is 2.19. The molecule has 0 aromatic heterocycles. The minimum atomic E-state index is 0.491. The van der Waals surface area contributed by atoms with Crippen LogP contribution in [0.25, 0.3) is 0 Å². The van der Waals surface area contributed by atoms with Gasteiger partial charge in [-0.3, -0.25) is 0 Å². The molecule has 0 N–H and O–H groups in total. The third-order valence-electron chi connectivity index (χ3n) is 1.42. The fourth-order valence-corrected chi connectivity index (χ4v) is 0.740. The third-order valence-corrected chi connectivity index (χ3v) is 1.42. The van der Waals surface area contributed by atoms with Crippen molar-refractivity contribution >= 4 is 0 Å². The zero-order valence-electron chi connectivity index (χ0n) is 6.66. The van der Waals surface area contributed by atoms with E-state index in [0.717, 1.165) is 13.0 Å². The monoisotopic (exact) mass is 154 g/mol. The summed E-state index contributed by atoms with van der Waals surface area (Å²) in [5, 5.41) is 0. The van der Waals surface area contributed by atoms with E-state index in [1.54, 1.807) is 6.08 Å². The van der Waals surface area contributed by atoms with Gasteiger partial charge in [0.2, 0.25) is 0 Å². The second-order valence-corrected chi connectivity index (χ2v) is 2.49. The molecule has 0 aromatic rings. The van der Waals surface area contributed by atoms with Crippen LogP contribution in [-0.4, -0.2) is 25.9 Å². The lowest BCUT2D eigenvalue weighted by atomic mass is 10.3. The molecule has 0 bridgehead atoms. The maximum atomic E-state index is 5.14. The van der Waals surface area contributed by atoms with Gasteiger partial charge >= 0.3 is 0 Å². The van der Waals surface area contributed by atoms with E-state index < -0.39 is 0 Å². The van der Waals surface area contributed by atoms with Crippen LogP contribution >= 0.6 is 0 Å². The van der Waals surface area contributed by atoms with Crippen molar-refractivity contribution < 1.29 is 9.47 Å². The molecule has 62 valence electrons. The summed E-state index contributed by atoms with van der Waals surface area (Å²) in [7, 11) is 0. The van der Waals surface area contributed by atoms with E-state index in [1.165, 1.54) is 0 Å². The van der Waals surface area contributed by atoms with Gasteiger partial charge in [0.1, 0.15) is 0 Å². The zero-order chi connectivity index (χ0) is 7.94. The van der Waals surface area contributed by atoms with Gasteiger partial charge in [-0.05, 0) is 6.42 Å². The van der Waals surface area contributed by atoms with Crippen molar-refractivity contribution in [1.29, 1.82) is 0 Å². The topological polar surface area (TPSA) is 21.8 Å². The average molecular weight is 154 g/mol. The molecule has 1 atom stereocenters. The first-order valence-corrected chi connectivity index (χ1v) is 3.88. The van der Waals surface area contributed by atoms with Crippen molar-refractivity contribution in [3.8, 4) is 0 Å². The second kappa shape index (κ2) is 5.10. The molecular weight excluding hydrogens is 140 g/mol. The molecule has 0 saturated carbocycles. The Bertz CT molecular complexity index is 136. The Labute approximate surface area is 67.5 Å². The number of rotatable bonds is 6. The van der Waals surface area contributed by atoms with E-state index in [4.69, 9.17) is 9.47 Å². The first-order chi connectivity index (χ1) is 5.43. The van der Waals surface area contributed by atoms with Crippen LogP contribution in [0.15, 0.2) is 24.8 Å². The van der Waals surface area contributed by atoms with Gasteiger partial charge in [-0.2, -0.15) is 0 Å². The van der Waals surface area contributed by atoms with E-state index in [0.29, 0.717) is 19.3 Å². The standard InChI is InChI=1S/C9H14O2/c1-2-6-10-7-4-3-5-9-8-11-9/h2-4,9H,1,5-8H2. The van der Waals surface area contributed by atoms with Crippen LogP contribution in [0.5, 0.6) is 0 Å². The SMILES string of the molecule is C=CCOCC=CCC1CO1. The number of hydrogen-bond acceptors (Lipinski definition) is 2. The third kappa shape index (κ3) is 4.76. The Balaban J connectivity index is 1.83. The Morgan fingerprint density at radius 3 is 2.91 bits per heavy atom. The molecule has 0 radical (unpaired) electrons. The molecule has 0 aromatic carbocycles. The van der Waals surface area contributed by atoms with Crippen LogP contribution in [0, 0.1) is 0 Å². The van der Waals surface area contributed by atoms with Crippen molar-refractivity contribution in [1.82, 2.24) is 0 Å². The second-order valence-electron chi connectivity index (χ2n) is 2.49. The predicted molar refractivity (Wildman–Crippen MR) is 44.5 cm³/mol. The molecule has 2 nitrogen and oxygen atoms in total. The zero-order valence-corrected chi connectivity index (χ0v) is 6.66. The quantitative estimate of drug-likeness (QED) is 0.329. The van der Waals surface area contributed by atoms with Gasteiger partial charge in [-0.25, -0.2) is 0 Å². The molecule has 0 amide bonds. The summed E-state index contributed by atoms with van der Waals surface area (Å²) in [6, 6.07) is 0. The molecule has 0 spiro atoms. The van der Waals surface area contributed by atoms with E-state index >= 15 is 0 Å². The molecule has 1 unspecified atom stereocenters. The van der Waals surface area contributed by atoms with Crippen molar-refractivity contribution in [3.63, 3.8) is 0 Å². The summed E-state index contributed by atoms with van der Waals surface area (Å²) in [6.45, 7) is 5.78. The van der Waals surface area contributed by atoms with Gasteiger partial charge in [0.15, 0.2) is 0 Å². The van der Waals surface area contributed by atoms with Gasteiger partial charge in [0.25, 0.3) is 0 Å². The Morgan fingerprint density at radius 2 is 2.27 bits per heavy atom. The lowest BCUT2D eigenvalue weighted by Crippen LogP contribution is -1.89. The lowest BCUT2D eigenvalue weighted by Gasteiger charge is -1.92. The first-order valence-electron chi connectivity index (χ1n) is 3.88. The molecule has 1 rings (SSSR count). The van der Waals surface area contributed by atoms with Gasteiger partial charge in [-0.1, -0.05) is 18.2 Å². The molecule has 1 heterocycles. The lowest BCUT2D eigenvalue weighted by molar-refractivity contribution is 0.194. The van der Waals surface area contributed by atoms with Crippen LogP contribution in [-0.2, 0) is 9.47 Å².